The van der Waals surface area contributed by atoms with E-state index in [0.29, 0.717) is 33.4 Å². The fourth-order valence-electron chi connectivity index (χ4n) is 5.44. The summed E-state index contributed by atoms with van der Waals surface area (Å²) in [4.78, 5) is 55.6. The number of hydrogen-bond acceptors (Lipinski definition) is 8. The Morgan fingerprint density at radius 2 is 1.74 bits per heavy atom. The van der Waals surface area contributed by atoms with Crippen LogP contribution >= 0.6 is 23.1 Å². The van der Waals surface area contributed by atoms with E-state index in [2.05, 4.69) is 5.32 Å². The Hall–Kier alpha value is -4.42. The number of phenols is 1. The molecule has 43 heavy (non-hydrogen) atoms. The molecule has 4 aromatic rings. The molecule has 3 amide bonds. The third kappa shape index (κ3) is 5.21. The molecular formula is C31H26FN3O6S2. The molecule has 0 aliphatic carbocycles. The molecule has 2 aliphatic heterocycles. The Kier molecular flexibility index (Phi) is 7.57. The molecule has 9 nitrogen and oxygen atoms in total. The maximum Gasteiger partial charge on any atom is 0.308 e. The molecule has 0 saturated carbocycles. The summed E-state index contributed by atoms with van der Waals surface area (Å²) >= 11 is 2.02. The van der Waals surface area contributed by atoms with Gasteiger partial charge in [0.15, 0.2) is 11.5 Å². The molecule has 1 fully saturated rings. The number of carbonyl (C=O) groups is 3. The number of aromatic nitrogens is 1. The van der Waals surface area contributed by atoms with Gasteiger partial charge in [0.2, 0.25) is 17.7 Å². The summed E-state index contributed by atoms with van der Waals surface area (Å²) in [5, 5.41) is 12.6. The summed E-state index contributed by atoms with van der Waals surface area (Å²) in [7, 11) is 0. The summed E-state index contributed by atoms with van der Waals surface area (Å²) in [6.45, 7) is 3.63. The number of thioether (sulfide) groups is 1. The van der Waals surface area contributed by atoms with Crippen LogP contribution in [0.15, 0.2) is 76.6 Å². The topological polar surface area (TPSA) is 118 Å². The van der Waals surface area contributed by atoms with Crippen LogP contribution in [0.2, 0.25) is 0 Å². The van der Waals surface area contributed by atoms with E-state index in [-0.39, 0.29) is 18.0 Å². The summed E-state index contributed by atoms with van der Waals surface area (Å²) in [5.74, 6) is -3.18. The van der Waals surface area contributed by atoms with Gasteiger partial charge in [-0.05, 0) is 67.9 Å². The van der Waals surface area contributed by atoms with Gasteiger partial charge < -0.3 is 15.2 Å². The predicted molar refractivity (Wildman–Crippen MR) is 162 cm³/mol. The number of ether oxygens (including phenoxy) is 1. The monoisotopic (exact) mass is 619 g/mol. The normalized spacial score (nSPS) is 19.2. The second-order valence-electron chi connectivity index (χ2n) is 10.2. The number of carbonyl (C=O) groups excluding carboxylic acids is 3. The third-order valence-corrected chi connectivity index (χ3v) is 10.0. The molecular weight excluding hydrogens is 593 g/mol. The van der Waals surface area contributed by atoms with Crippen LogP contribution in [-0.2, 0) is 20.9 Å². The highest BCUT2D eigenvalue weighted by atomic mass is 32.2. The van der Waals surface area contributed by atoms with E-state index in [1.54, 1.807) is 31.2 Å². The largest absolute Gasteiger partial charge is 0.504 e. The van der Waals surface area contributed by atoms with E-state index < -0.39 is 45.5 Å². The van der Waals surface area contributed by atoms with E-state index in [1.807, 2.05) is 19.1 Å². The molecule has 0 bridgehead atoms. The van der Waals surface area contributed by atoms with Crippen molar-refractivity contribution in [3.8, 4) is 11.5 Å². The van der Waals surface area contributed by atoms with Crippen LogP contribution in [0.5, 0.6) is 11.5 Å². The lowest BCUT2D eigenvalue weighted by molar-refractivity contribution is -0.122. The lowest BCUT2D eigenvalue weighted by Crippen LogP contribution is -2.33. The highest BCUT2D eigenvalue weighted by Crippen LogP contribution is 2.54. The molecule has 0 spiro atoms. The number of aryl methyl sites for hydroxylation is 1. The minimum atomic E-state index is -0.865. The number of hydrogen-bond donors (Lipinski definition) is 2. The minimum absolute atomic E-state index is 0.0779. The van der Waals surface area contributed by atoms with Crippen molar-refractivity contribution in [3.63, 3.8) is 0 Å². The number of anilines is 2. The van der Waals surface area contributed by atoms with E-state index in [1.165, 1.54) is 39.8 Å². The molecule has 12 heteroatoms. The van der Waals surface area contributed by atoms with E-state index in [4.69, 9.17) is 4.74 Å². The molecule has 2 N–H and O–H groups in total. The Morgan fingerprint density at radius 3 is 2.44 bits per heavy atom. The molecule has 3 atom stereocenters. The first kappa shape index (κ1) is 28.7. The zero-order valence-corrected chi connectivity index (χ0v) is 24.7. The number of imide groups is 1. The van der Waals surface area contributed by atoms with Crippen LogP contribution in [0.25, 0.3) is 0 Å². The van der Waals surface area contributed by atoms with Crippen molar-refractivity contribution in [2.24, 2.45) is 5.92 Å². The first-order valence-electron chi connectivity index (χ1n) is 13.5. The zero-order valence-electron chi connectivity index (χ0n) is 23.1. The van der Waals surface area contributed by atoms with Crippen LogP contribution < -0.4 is 19.8 Å². The Balaban J connectivity index is 1.43. The molecule has 220 valence electrons. The number of amides is 3. The number of fused-ring (bicyclic) bond motifs is 2. The van der Waals surface area contributed by atoms with Gasteiger partial charge in [-0.15, -0.1) is 0 Å². The van der Waals surface area contributed by atoms with E-state index >= 15 is 0 Å². The highest BCUT2D eigenvalue weighted by Gasteiger charge is 2.57. The fraction of sp³-hybridized carbons (Fsp3) is 0.226. The Morgan fingerprint density at radius 1 is 1.02 bits per heavy atom. The number of aromatic hydroxyl groups is 1. The van der Waals surface area contributed by atoms with Crippen molar-refractivity contribution >= 4 is 52.2 Å². The summed E-state index contributed by atoms with van der Waals surface area (Å²) in [5.41, 5.74) is 2.39. The zero-order chi connectivity index (χ0) is 30.4. The molecule has 2 aliphatic rings. The van der Waals surface area contributed by atoms with Gasteiger partial charge in [0.25, 0.3) is 0 Å². The average Bonchev–Trinajstić information content (AvgIpc) is 3.42. The molecule has 3 heterocycles. The standard InChI is InChI=1S/C31H26FN3O6S2/c1-3-41-22-14-17(6-13-21(22)36)24-25-26(29(39)35(28(25)38)20-11-4-16(2)5-12-20)42-30-27(24)43-31(40)34(30)15-23(37)33-19-9-7-18(32)8-10-19/h4-14,24-26,36H,3,15H2,1-2H3,(H,33,37). The van der Waals surface area contributed by atoms with Crippen LogP contribution in [-0.4, -0.2) is 39.3 Å². The first-order chi connectivity index (χ1) is 20.7. The van der Waals surface area contributed by atoms with Gasteiger partial charge in [0.05, 0.1) is 23.2 Å². The lowest BCUT2D eigenvalue weighted by Gasteiger charge is -2.31. The van der Waals surface area contributed by atoms with Crippen LogP contribution in [0.4, 0.5) is 15.8 Å². The smallest absolute Gasteiger partial charge is 0.308 e. The number of phenolic OH excluding ortho intramolecular Hbond substituents is 1. The van der Waals surface area contributed by atoms with Gasteiger partial charge in [-0.3, -0.25) is 23.7 Å². The highest BCUT2D eigenvalue weighted by molar-refractivity contribution is 8.00. The maximum absolute atomic E-state index is 14.0. The fourth-order valence-corrected chi connectivity index (χ4v) is 8.21. The SMILES string of the molecule is CCOc1cc(C2c3sc(=O)n(CC(=O)Nc4ccc(F)cc4)c3SC3C(=O)N(c4ccc(C)cc4)C(=O)C32)ccc1O. The van der Waals surface area contributed by atoms with Crippen LogP contribution in [0, 0.1) is 18.7 Å². The number of rotatable bonds is 7. The maximum atomic E-state index is 14.0. The molecule has 6 rings (SSSR count). The van der Waals surface area contributed by atoms with E-state index in [0.717, 1.165) is 28.7 Å². The Labute approximate surface area is 253 Å². The van der Waals surface area contributed by atoms with Crippen molar-refractivity contribution in [3.05, 3.63) is 98.2 Å². The number of benzene rings is 3. The van der Waals surface area contributed by atoms with Crippen molar-refractivity contribution in [2.45, 2.75) is 36.6 Å². The molecule has 0 radical (unpaired) electrons. The van der Waals surface area contributed by atoms with Gasteiger partial charge in [-0.2, -0.15) is 0 Å². The predicted octanol–water partition coefficient (Wildman–Crippen LogP) is 4.90. The van der Waals surface area contributed by atoms with Crippen LogP contribution in [0.3, 0.4) is 0 Å². The number of thiazole rings is 1. The third-order valence-electron chi connectivity index (χ3n) is 7.41. The molecule has 3 aromatic carbocycles. The average molecular weight is 620 g/mol. The van der Waals surface area contributed by atoms with Crippen molar-refractivity contribution in [1.29, 1.82) is 0 Å². The summed E-state index contributed by atoms with van der Waals surface area (Å²) in [6, 6.07) is 17.1. The number of nitrogens with zero attached hydrogens (tertiary/aromatic N) is 2. The van der Waals surface area contributed by atoms with Gasteiger partial charge in [0.1, 0.15) is 17.6 Å². The molecule has 1 saturated heterocycles. The van der Waals surface area contributed by atoms with E-state index in [9.17, 15) is 28.7 Å². The minimum Gasteiger partial charge on any atom is -0.504 e. The van der Waals surface area contributed by atoms with Gasteiger partial charge in [-0.25, -0.2) is 9.29 Å². The summed E-state index contributed by atoms with van der Waals surface area (Å²) in [6.07, 6.45) is 0. The van der Waals surface area contributed by atoms with Crippen molar-refractivity contribution in [1.82, 2.24) is 4.57 Å². The molecule has 1 aromatic heterocycles. The lowest BCUT2D eigenvalue weighted by atomic mass is 9.83. The van der Waals surface area contributed by atoms with Crippen LogP contribution in [0.1, 0.15) is 28.8 Å². The Bertz CT molecular complexity index is 1800. The number of nitrogens with one attached hydrogen (secondary N) is 1. The number of halogens is 1. The summed E-state index contributed by atoms with van der Waals surface area (Å²) < 4.78 is 20.2. The first-order valence-corrected chi connectivity index (χ1v) is 15.2. The van der Waals surface area contributed by atoms with Gasteiger partial charge in [-0.1, -0.05) is 46.9 Å². The van der Waals surface area contributed by atoms with Gasteiger partial charge in [0, 0.05) is 16.5 Å². The second kappa shape index (κ2) is 11.3. The van der Waals surface area contributed by atoms with Crippen molar-refractivity contribution < 1.29 is 28.6 Å². The van der Waals surface area contributed by atoms with Crippen molar-refractivity contribution in [2.75, 3.05) is 16.8 Å². The quantitative estimate of drug-likeness (QED) is 0.283. The van der Waals surface area contributed by atoms with Gasteiger partial charge >= 0.3 is 4.87 Å². The molecule has 3 unspecified atom stereocenters. The second-order valence-corrected chi connectivity index (χ2v) is 12.4.